The maximum Gasteiger partial charge on any atom is 0.276 e. The Bertz CT molecular complexity index is 229. The second kappa shape index (κ2) is 4.31. The molecule has 0 amide bonds. The SMILES string of the molecule is CCCC#CCS(=O)(=O)O. The van der Waals surface area contributed by atoms with Gasteiger partial charge >= 0.3 is 0 Å². The normalized spacial score (nSPS) is 10.2. The largest absolute Gasteiger partial charge is 0.285 e. The Labute approximate surface area is 61.2 Å². The van der Waals surface area contributed by atoms with E-state index in [1.54, 1.807) is 0 Å². The lowest BCUT2D eigenvalue weighted by Crippen LogP contribution is -2.00. The monoisotopic (exact) mass is 162 g/mol. The van der Waals surface area contributed by atoms with Gasteiger partial charge in [-0.1, -0.05) is 12.8 Å². The molecule has 0 aliphatic rings. The predicted octanol–water partition coefficient (Wildman–Crippen LogP) is 0.678. The Morgan fingerprint density at radius 3 is 2.40 bits per heavy atom. The van der Waals surface area contributed by atoms with E-state index in [0.29, 0.717) is 6.42 Å². The van der Waals surface area contributed by atoms with E-state index in [1.807, 2.05) is 6.92 Å². The molecular formula is C6H10O3S. The summed E-state index contributed by atoms with van der Waals surface area (Å²) in [7, 11) is -3.88. The first kappa shape index (κ1) is 9.47. The zero-order valence-corrected chi connectivity index (χ0v) is 6.61. The van der Waals surface area contributed by atoms with Gasteiger partial charge in [0.1, 0.15) is 5.75 Å². The molecule has 4 heteroatoms. The number of rotatable bonds is 2. The molecule has 0 saturated heterocycles. The molecule has 10 heavy (non-hydrogen) atoms. The van der Waals surface area contributed by atoms with E-state index in [1.165, 1.54) is 0 Å². The molecule has 0 spiro atoms. The lowest BCUT2D eigenvalue weighted by molar-refractivity contribution is 0.487. The molecule has 0 aromatic heterocycles. The minimum atomic E-state index is -3.88. The maximum absolute atomic E-state index is 10.0. The summed E-state index contributed by atoms with van der Waals surface area (Å²) in [6.45, 7) is 1.95. The van der Waals surface area contributed by atoms with Crippen molar-refractivity contribution < 1.29 is 13.0 Å². The van der Waals surface area contributed by atoms with Gasteiger partial charge < -0.3 is 0 Å². The van der Waals surface area contributed by atoms with Crippen LogP contribution in [0.2, 0.25) is 0 Å². The molecular weight excluding hydrogens is 152 g/mol. The van der Waals surface area contributed by atoms with Gasteiger partial charge in [0.25, 0.3) is 10.1 Å². The van der Waals surface area contributed by atoms with E-state index in [2.05, 4.69) is 11.8 Å². The summed E-state index contributed by atoms with van der Waals surface area (Å²) in [6.07, 6.45) is 1.58. The number of hydrogen-bond donors (Lipinski definition) is 1. The molecule has 0 fully saturated rings. The highest BCUT2D eigenvalue weighted by atomic mass is 32.2. The molecule has 0 aromatic rings. The van der Waals surface area contributed by atoms with E-state index in [-0.39, 0.29) is 0 Å². The second-order valence-corrected chi connectivity index (χ2v) is 3.28. The quantitative estimate of drug-likeness (QED) is 0.480. The van der Waals surface area contributed by atoms with E-state index < -0.39 is 15.9 Å². The van der Waals surface area contributed by atoms with Crippen molar-refractivity contribution in [2.24, 2.45) is 0 Å². The number of unbranched alkanes of at least 4 members (excludes halogenated alkanes) is 1. The Morgan fingerprint density at radius 2 is 2.00 bits per heavy atom. The molecule has 58 valence electrons. The first-order valence-electron chi connectivity index (χ1n) is 2.97. The van der Waals surface area contributed by atoms with Gasteiger partial charge in [-0.2, -0.15) is 8.42 Å². The van der Waals surface area contributed by atoms with Gasteiger partial charge in [-0.3, -0.25) is 4.55 Å². The van der Waals surface area contributed by atoms with Gasteiger partial charge in [0, 0.05) is 6.42 Å². The third kappa shape index (κ3) is 7.47. The summed E-state index contributed by atoms with van der Waals surface area (Å²) in [5, 5.41) is 0. The van der Waals surface area contributed by atoms with Crippen LogP contribution in [0.15, 0.2) is 0 Å². The topological polar surface area (TPSA) is 54.4 Å². The molecule has 0 aliphatic carbocycles. The summed E-state index contributed by atoms with van der Waals surface area (Å²) < 4.78 is 28.3. The molecule has 0 bridgehead atoms. The van der Waals surface area contributed by atoms with Crippen LogP contribution in [0.3, 0.4) is 0 Å². The van der Waals surface area contributed by atoms with Gasteiger partial charge in [0.15, 0.2) is 0 Å². The Balaban J connectivity index is 3.68. The minimum absolute atomic E-state index is 0.451. The van der Waals surface area contributed by atoms with Crippen LogP contribution < -0.4 is 0 Å². The standard InChI is InChI=1S/C6H10O3S/c1-2-3-4-5-6-10(7,8)9/h2-3,6H2,1H3,(H,7,8,9). The highest BCUT2D eigenvalue weighted by molar-refractivity contribution is 7.86. The summed E-state index contributed by atoms with van der Waals surface area (Å²) in [6, 6.07) is 0. The van der Waals surface area contributed by atoms with Crippen molar-refractivity contribution in [3.63, 3.8) is 0 Å². The van der Waals surface area contributed by atoms with E-state index in [0.717, 1.165) is 6.42 Å². The van der Waals surface area contributed by atoms with Gasteiger partial charge in [-0.25, -0.2) is 0 Å². The van der Waals surface area contributed by atoms with Crippen molar-refractivity contribution >= 4 is 10.1 Å². The summed E-state index contributed by atoms with van der Waals surface area (Å²) >= 11 is 0. The van der Waals surface area contributed by atoms with Crippen molar-refractivity contribution in [1.29, 1.82) is 0 Å². The fraction of sp³-hybridized carbons (Fsp3) is 0.667. The Hall–Kier alpha value is -0.530. The first-order chi connectivity index (χ1) is 4.56. The average Bonchev–Trinajstić information content (AvgIpc) is 1.78. The zero-order valence-electron chi connectivity index (χ0n) is 5.79. The number of hydrogen-bond acceptors (Lipinski definition) is 2. The van der Waals surface area contributed by atoms with E-state index in [9.17, 15) is 8.42 Å². The van der Waals surface area contributed by atoms with Crippen LogP contribution in [-0.4, -0.2) is 18.7 Å². The molecule has 0 heterocycles. The Morgan fingerprint density at radius 1 is 1.40 bits per heavy atom. The predicted molar refractivity (Wildman–Crippen MR) is 39.1 cm³/mol. The minimum Gasteiger partial charge on any atom is -0.285 e. The summed E-state index contributed by atoms with van der Waals surface area (Å²) in [5.74, 6) is 4.49. The molecule has 0 atom stereocenters. The highest BCUT2D eigenvalue weighted by Gasteiger charge is 1.97. The van der Waals surface area contributed by atoms with E-state index >= 15 is 0 Å². The first-order valence-corrected chi connectivity index (χ1v) is 4.58. The molecule has 0 aliphatic heterocycles. The van der Waals surface area contributed by atoms with Crippen molar-refractivity contribution in [2.45, 2.75) is 19.8 Å². The third-order valence-corrected chi connectivity index (χ3v) is 1.26. The van der Waals surface area contributed by atoms with E-state index in [4.69, 9.17) is 4.55 Å². The lowest BCUT2D eigenvalue weighted by Gasteiger charge is -1.83. The van der Waals surface area contributed by atoms with Crippen LogP contribution in [-0.2, 0) is 10.1 Å². The van der Waals surface area contributed by atoms with Crippen LogP contribution in [0, 0.1) is 11.8 Å². The molecule has 0 saturated carbocycles. The van der Waals surface area contributed by atoms with Crippen LogP contribution >= 0.6 is 0 Å². The van der Waals surface area contributed by atoms with Crippen LogP contribution in [0.25, 0.3) is 0 Å². The third-order valence-electron chi connectivity index (χ3n) is 0.755. The summed E-state index contributed by atoms with van der Waals surface area (Å²) in [4.78, 5) is 0. The lowest BCUT2D eigenvalue weighted by atomic mass is 10.3. The second-order valence-electron chi connectivity index (χ2n) is 1.83. The van der Waals surface area contributed by atoms with Gasteiger partial charge in [0.2, 0.25) is 0 Å². The fourth-order valence-electron chi connectivity index (χ4n) is 0.356. The van der Waals surface area contributed by atoms with Gasteiger partial charge in [-0.05, 0) is 6.42 Å². The highest BCUT2D eigenvalue weighted by Crippen LogP contribution is 1.82. The molecule has 0 radical (unpaired) electrons. The zero-order chi connectivity index (χ0) is 8.04. The van der Waals surface area contributed by atoms with Gasteiger partial charge in [0.05, 0.1) is 0 Å². The molecule has 0 unspecified atom stereocenters. The van der Waals surface area contributed by atoms with Crippen molar-refractivity contribution in [2.75, 3.05) is 5.75 Å². The van der Waals surface area contributed by atoms with Crippen LogP contribution in [0.5, 0.6) is 0 Å². The van der Waals surface area contributed by atoms with Crippen molar-refractivity contribution in [3.05, 3.63) is 0 Å². The maximum atomic E-state index is 10.0. The molecule has 0 rings (SSSR count). The summed E-state index contributed by atoms with van der Waals surface area (Å²) in [5.41, 5.74) is 0. The smallest absolute Gasteiger partial charge is 0.276 e. The van der Waals surface area contributed by atoms with Crippen LogP contribution in [0.1, 0.15) is 19.8 Å². The van der Waals surface area contributed by atoms with Crippen molar-refractivity contribution in [1.82, 2.24) is 0 Å². The average molecular weight is 162 g/mol. The van der Waals surface area contributed by atoms with Crippen LogP contribution in [0.4, 0.5) is 0 Å². The molecule has 1 N–H and O–H groups in total. The van der Waals surface area contributed by atoms with Gasteiger partial charge in [-0.15, -0.1) is 5.92 Å². The van der Waals surface area contributed by atoms with Crippen molar-refractivity contribution in [3.8, 4) is 11.8 Å². The Kier molecular flexibility index (Phi) is 4.08. The molecule has 3 nitrogen and oxygen atoms in total. The molecule has 0 aromatic carbocycles. The fourth-order valence-corrected chi connectivity index (χ4v) is 0.640.